The molecule has 0 aliphatic carbocycles. The molecule has 0 aromatic heterocycles. The fourth-order valence-corrected chi connectivity index (χ4v) is 2.79. The summed E-state index contributed by atoms with van der Waals surface area (Å²) in [5, 5.41) is 3.11. The van der Waals surface area contributed by atoms with Crippen molar-refractivity contribution in [2.24, 2.45) is 11.7 Å². The van der Waals surface area contributed by atoms with E-state index in [1.807, 2.05) is 0 Å². The number of hydrogen-bond acceptors (Lipinski definition) is 3. The number of fused-ring (bicyclic) bond motifs is 1. The molecule has 2 fully saturated rings. The van der Waals surface area contributed by atoms with E-state index >= 15 is 0 Å². The van der Waals surface area contributed by atoms with E-state index < -0.39 is 0 Å². The quantitative estimate of drug-likeness (QED) is 0.712. The minimum absolute atomic E-state index is 0.0897. The first-order valence-electron chi connectivity index (χ1n) is 6.27. The third-order valence-electron chi connectivity index (χ3n) is 4.18. The van der Waals surface area contributed by atoms with E-state index in [1.165, 1.54) is 0 Å². The predicted octanol–water partition coefficient (Wildman–Crippen LogP) is 0.324. The maximum Gasteiger partial charge on any atom is 0.220 e. The Morgan fingerprint density at radius 1 is 1.50 bits per heavy atom. The third-order valence-corrected chi connectivity index (χ3v) is 4.18. The molecule has 92 valence electrons. The van der Waals surface area contributed by atoms with Gasteiger partial charge in [-0.25, -0.2) is 0 Å². The van der Waals surface area contributed by atoms with E-state index in [9.17, 15) is 4.79 Å². The van der Waals surface area contributed by atoms with Gasteiger partial charge in [0.2, 0.25) is 5.91 Å². The molecule has 2 aliphatic rings. The van der Waals surface area contributed by atoms with Crippen molar-refractivity contribution in [1.82, 2.24) is 10.2 Å². The SMILES string of the molecule is CC(C)(CN)N1CCC2NC(=O)CCC2C1. The van der Waals surface area contributed by atoms with Crippen molar-refractivity contribution in [3.8, 4) is 0 Å². The summed E-state index contributed by atoms with van der Waals surface area (Å²) in [6.07, 6.45) is 2.80. The van der Waals surface area contributed by atoms with Crippen LogP contribution in [0.4, 0.5) is 0 Å². The Hall–Kier alpha value is -0.610. The molecule has 3 N–H and O–H groups in total. The van der Waals surface area contributed by atoms with Gasteiger partial charge in [-0.1, -0.05) is 0 Å². The molecular weight excluding hydrogens is 202 g/mol. The minimum Gasteiger partial charge on any atom is -0.353 e. The minimum atomic E-state index is 0.0897. The number of nitrogens with two attached hydrogens (primary N) is 1. The second-order valence-electron chi connectivity index (χ2n) is 5.72. The average molecular weight is 225 g/mol. The van der Waals surface area contributed by atoms with E-state index in [1.54, 1.807) is 0 Å². The Morgan fingerprint density at radius 3 is 2.94 bits per heavy atom. The van der Waals surface area contributed by atoms with Crippen LogP contribution in [-0.4, -0.2) is 42.0 Å². The van der Waals surface area contributed by atoms with Gasteiger partial charge in [-0.15, -0.1) is 0 Å². The highest BCUT2D eigenvalue weighted by Gasteiger charge is 2.37. The normalized spacial score (nSPS) is 32.1. The van der Waals surface area contributed by atoms with Crippen LogP contribution in [-0.2, 0) is 4.79 Å². The standard InChI is InChI=1S/C12H23N3O/c1-12(2,8-13)15-6-5-10-9(7-15)3-4-11(16)14-10/h9-10H,3-8,13H2,1-2H3,(H,14,16). The molecule has 1 amide bonds. The lowest BCUT2D eigenvalue weighted by Gasteiger charge is -2.47. The fraction of sp³-hybridized carbons (Fsp3) is 0.917. The molecule has 2 unspecified atom stereocenters. The number of piperidine rings is 2. The smallest absolute Gasteiger partial charge is 0.220 e. The summed E-state index contributed by atoms with van der Waals surface area (Å²) in [6, 6.07) is 0.408. The van der Waals surface area contributed by atoms with Gasteiger partial charge >= 0.3 is 0 Å². The number of carbonyl (C=O) groups excluding carboxylic acids is 1. The van der Waals surface area contributed by atoms with Gasteiger partial charge in [0.1, 0.15) is 0 Å². The van der Waals surface area contributed by atoms with Crippen LogP contribution in [0.15, 0.2) is 0 Å². The number of likely N-dealkylation sites (tertiary alicyclic amines) is 1. The first-order valence-corrected chi connectivity index (χ1v) is 6.27. The first kappa shape index (κ1) is 11.9. The highest BCUT2D eigenvalue weighted by atomic mass is 16.1. The fourth-order valence-electron chi connectivity index (χ4n) is 2.79. The van der Waals surface area contributed by atoms with Crippen molar-refractivity contribution >= 4 is 5.91 Å². The van der Waals surface area contributed by atoms with Gasteiger partial charge in [0, 0.05) is 37.6 Å². The molecule has 2 atom stereocenters. The average Bonchev–Trinajstić information content (AvgIpc) is 2.28. The zero-order valence-electron chi connectivity index (χ0n) is 10.3. The van der Waals surface area contributed by atoms with Gasteiger partial charge in [-0.2, -0.15) is 0 Å². The molecular formula is C12H23N3O. The molecule has 0 radical (unpaired) electrons. The van der Waals surface area contributed by atoms with Crippen molar-refractivity contribution in [3.63, 3.8) is 0 Å². The van der Waals surface area contributed by atoms with Gasteiger partial charge in [-0.3, -0.25) is 9.69 Å². The Labute approximate surface area is 97.6 Å². The molecule has 2 saturated heterocycles. The van der Waals surface area contributed by atoms with Crippen LogP contribution in [0.1, 0.15) is 33.1 Å². The molecule has 2 heterocycles. The van der Waals surface area contributed by atoms with Crippen LogP contribution in [0.5, 0.6) is 0 Å². The van der Waals surface area contributed by atoms with E-state index in [-0.39, 0.29) is 11.4 Å². The van der Waals surface area contributed by atoms with Crippen molar-refractivity contribution in [3.05, 3.63) is 0 Å². The van der Waals surface area contributed by atoms with Crippen LogP contribution < -0.4 is 11.1 Å². The van der Waals surface area contributed by atoms with Crippen molar-refractivity contribution in [1.29, 1.82) is 0 Å². The lowest BCUT2D eigenvalue weighted by molar-refractivity contribution is -0.125. The topological polar surface area (TPSA) is 58.4 Å². The van der Waals surface area contributed by atoms with Gasteiger partial charge in [0.15, 0.2) is 0 Å². The van der Waals surface area contributed by atoms with Gasteiger partial charge in [-0.05, 0) is 32.6 Å². The molecule has 16 heavy (non-hydrogen) atoms. The van der Waals surface area contributed by atoms with E-state index in [0.29, 0.717) is 24.9 Å². The monoisotopic (exact) mass is 225 g/mol. The van der Waals surface area contributed by atoms with Crippen molar-refractivity contribution in [2.75, 3.05) is 19.6 Å². The molecule has 0 saturated carbocycles. The van der Waals surface area contributed by atoms with Gasteiger partial charge in [0.25, 0.3) is 0 Å². The molecule has 0 bridgehead atoms. The number of amides is 1. The highest BCUT2D eigenvalue weighted by molar-refractivity contribution is 5.77. The highest BCUT2D eigenvalue weighted by Crippen LogP contribution is 2.28. The maximum absolute atomic E-state index is 11.3. The van der Waals surface area contributed by atoms with E-state index in [0.717, 1.165) is 25.9 Å². The Balaban J connectivity index is 1.98. The van der Waals surface area contributed by atoms with Crippen LogP contribution in [0.2, 0.25) is 0 Å². The largest absolute Gasteiger partial charge is 0.353 e. The van der Waals surface area contributed by atoms with Crippen molar-refractivity contribution < 1.29 is 4.79 Å². The number of hydrogen-bond donors (Lipinski definition) is 2. The van der Waals surface area contributed by atoms with Crippen LogP contribution in [0.3, 0.4) is 0 Å². The van der Waals surface area contributed by atoms with Gasteiger partial charge in [0.05, 0.1) is 0 Å². The molecule has 0 aromatic carbocycles. The predicted molar refractivity (Wildman–Crippen MR) is 64.0 cm³/mol. The lowest BCUT2D eigenvalue weighted by atomic mass is 9.83. The van der Waals surface area contributed by atoms with Gasteiger partial charge < -0.3 is 11.1 Å². The molecule has 4 nitrogen and oxygen atoms in total. The van der Waals surface area contributed by atoms with E-state index in [2.05, 4.69) is 24.1 Å². The number of carbonyl (C=O) groups is 1. The zero-order valence-corrected chi connectivity index (χ0v) is 10.3. The van der Waals surface area contributed by atoms with Crippen LogP contribution >= 0.6 is 0 Å². The second-order valence-corrected chi connectivity index (χ2v) is 5.72. The summed E-state index contributed by atoms with van der Waals surface area (Å²) >= 11 is 0. The summed E-state index contributed by atoms with van der Waals surface area (Å²) in [5.41, 5.74) is 5.91. The molecule has 0 aromatic rings. The molecule has 2 rings (SSSR count). The number of rotatable bonds is 2. The molecule has 4 heteroatoms. The number of nitrogens with zero attached hydrogens (tertiary/aromatic N) is 1. The Kier molecular flexibility index (Phi) is 3.22. The maximum atomic E-state index is 11.3. The molecule has 0 spiro atoms. The molecule has 2 aliphatic heterocycles. The second kappa shape index (κ2) is 4.34. The summed E-state index contributed by atoms with van der Waals surface area (Å²) in [6.45, 7) is 7.22. The summed E-state index contributed by atoms with van der Waals surface area (Å²) < 4.78 is 0. The summed E-state index contributed by atoms with van der Waals surface area (Å²) in [7, 11) is 0. The van der Waals surface area contributed by atoms with E-state index in [4.69, 9.17) is 5.73 Å². The third kappa shape index (κ3) is 2.23. The lowest BCUT2D eigenvalue weighted by Crippen LogP contribution is -2.60. The van der Waals surface area contributed by atoms with Crippen LogP contribution in [0, 0.1) is 5.92 Å². The number of nitrogens with one attached hydrogen (secondary N) is 1. The first-order chi connectivity index (χ1) is 7.53. The summed E-state index contributed by atoms with van der Waals surface area (Å²) in [4.78, 5) is 13.8. The van der Waals surface area contributed by atoms with Crippen molar-refractivity contribution in [2.45, 2.75) is 44.7 Å². The van der Waals surface area contributed by atoms with Crippen LogP contribution in [0.25, 0.3) is 0 Å². The Morgan fingerprint density at radius 2 is 2.25 bits per heavy atom. The summed E-state index contributed by atoms with van der Waals surface area (Å²) in [5.74, 6) is 0.852. The zero-order chi connectivity index (χ0) is 11.8. The Bertz CT molecular complexity index is 277.